The number of carbonyl (C=O) groups excluding carboxylic acids is 1. The number of nitrogens with one attached hydrogen (secondary N) is 1. The number of hydrogen-bond acceptors (Lipinski definition) is 5. The highest BCUT2D eigenvalue weighted by molar-refractivity contribution is 5.95. The molecule has 5 heteroatoms. The van der Waals surface area contributed by atoms with Gasteiger partial charge < -0.3 is 5.32 Å². The lowest BCUT2D eigenvalue weighted by atomic mass is 10.0. The van der Waals surface area contributed by atoms with Gasteiger partial charge in [-0.2, -0.15) is 5.26 Å². The van der Waals surface area contributed by atoms with E-state index in [2.05, 4.69) is 27.4 Å². The number of pyridine rings is 2. The molecule has 3 rings (SSSR count). The fourth-order valence-electron chi connectivity index (χ4n) is 3.14. The van der Waals surface area contributed by atoms with E-state index in [4.69, 9.17) is 0 Å². The number of Topliss-reactive ketones (excluding diaryl/α,β-unsaturated/α-hetero) is 1. The average molecular weight is 358 g/mol. The molecular formula is C22H22N4O. The van der Waals surface area contributed by atoms with Crippen molar-refractivity contribution in [1.29, 1.82) is 5.26 Å². The molecule has 0 amide bonds. The van der Waals surface area contributed by atoms with Crippen molar-refractivity contribution in [3.63, 3.8) is 0 Å². The van der Waals surface area contributed by atoms with Gasteiger partial charge in [0, 0.05) is 36.3 Å². The van der Waals surface area contributed by atoms with Crippen LogP contribution in [-0.2, 0) is 0 Å². The molecule has 1 aromatic carbocycles. The molecule has 0 spiro atoms. The Morgan fingerprint density at radius 2 is 2.07 bits per heavy atom. The van der Waals surface area contributed by atoms with Gasteiger partial charge in [0.05, 0.1) is 11.1 Å². The number of anilines is 1. The smallest absolute Gasteiger partial charge is 0.164 e. The highest BCUT2D eigenvalue weighted by Gasteiger charge is 2.09. The highest BCUT2D eigenvalue weighted by Crippen LogP contribution is 2.24. The zero-order valence-corrected chi connectivity index (χ0v) is 15.6. The highest BCUT2D eigenvalue weighted by atomic mass is 16.1. The van der Waals surface area contributed by atoms with E-state index in [-0.39, 0.29) is 5.78 Å². The van der Waals surface area contributed by atoms with Gasteiger partial charge in [0.25, 0.3) is 0 Å². The van der Waals surface area contributed by atoms with E-state index in [0.717, 1.165) is 34.9 Å². The molecule has 5 nitrogen and oxygen atoms in total. The number of hydrogen-bond donors (Lipinski definition) is 1. The van der Waals surface area contributed by atoms with Crippen molar-refractivity contribution in [3.05, 3.63) is 65.0 Å². The van der Waals surface area contributed by atoms with Crippen molar-refractivity contribution in [2.75, 3.05) is 11.9 Å². The second kappa shape index (κ2) is 8.41. The first-order valence-corrected chi connectivity index (χ1v) is 9.07. The summed E-state index contributed by atoms with van der Waals surface area (Å²) in [5.41, 5.74) is 4.35. The van der Waals surface area contributed by atoms with E-state index in [1.54, 1.807) is 24.5 Å². The quantitative estimate of drug-likeness (QED) is 0.494. The summed E-state index contributed by atoms with van der Waals surface area (Å²) in [5.74, 6) is 0.712. The Morgan fingerprint density at radius 3 is 2.81 bits per heavy atom. The van der Waals surface area contributed by atoms with Crippen LogP contribution in [0.25, 0.3) is 10.9 Å². The second-order valence-electron chi connectivity index (χ2n) is 6.69. The van der Waals surface area contributed by atoms with Crippen LogP contribution in [-0.4, -0.2) is 22.3 Å². The molecule has 0 bridgehead atoms. The maximum atomic E-state index is 12.1. The summed E-state index contributed by atoms with van der Waals surface area (Å²) in [7, 11) is 0. The lowest BCUT2D eigenvalue weighted by Gasteiger charge is -2.10. The maximum absolute atomic E-state index is 12.1. The van der Waals surface area contributed by atoms with Gasteiger partial charge in [0.2, 0.25) is 0 Å². The Morgan fingerprint density at radius 1 is 1.22 bits per heavy atom. The van der Waals surface area contributed by atoms with Gasteiger partial charge in [-0.3, -0.25) is 9.78 Å². The van der Waals surface area contributed by atoms with E-state index in [0.29, 0.717) is 29.9 Å². The summed E-state index contributed by atoms with van der Waals surface area (Å²) in [6.45, 7) is 4.74. The van der Waals surface area contributed by atoms with Gasteiger partial charge in [-0.15, -0.1) is 0 Å². The van der Waals surface area contributed by atoms with E-state index in [1.807, 2.05) is 26.0 Å². The van der Waals surface area contributed by atoms with Crippen LogP contribution >= 0.6 is 0 Å². The number of nitrogens with zero attached hydrogens (tertiary/aromatic N) is 3. The zero-order chi connectivity index (χ0) is 19.2. The Labute approximate surface area is 159 Å². The van der Waals surface area contributed by atoms with E-state index in [9.17, 15) is 10.1 Å². The third-order valence-corrected chi connectivity index (χ3v) is 4.51. The number of aryl methyl sites for hydroxylation is 2. The first kappa shape index (κ1) is 18.5. The van der Waals surface area contributed by atoms with Crippen LogP contribution in [0.4, 0.5) is 5.82 Å². The van der Waals surface area contributed by atoms with Crippen LogP contribution in [0, 0.1) is 25.2 Å². The number of aromatic nitrogens is 2. The van der Waals surface area contributed by atoms with Gasteiger partial charge in [-0.1, -0.05) is 6.07 Å². The minimum Gasteiger partial charge on any atom is -0.369 e. The van der Waals surface area contributed by atoms with Gasteiger partial charge in [-0.25, -0.2) is 4.98 Å². The number of rotatable bonds is 7. The first-order chi connectivity index (χ1) is 13.1. The van der Waals surface area contributed by atoms with Crippen molar-refractivity contribution in [3.8, 4) is 6.07 Å². The molecule has 2 heterocycles. The van der Waals surface area contributed by atoms with Crippen LogP contribution < -0.4 is 5.32 Å². The summed E-state index contributed by atoms with van der Waals surface area (Å²) < 4.78 is 0. The third kappa shape index (κ3) is 4.48. The van der Waals surface area contributed by atoms with Gasteiger partial charge in [-0.05, 0) is 62.1 Å². The first-order valence-electron chi connectivity index (χ1n) is 9.07. The van der Waals surface area contributed by atoms with Crippen molar-refractivity contribution >= 4 is 22.5 Å². The topological polar surface area (TPSA) is 78.7 Å². The second-order valence-corrected chi connectivity index (χ2v) is 6.69. The van der Waals surface area contributed by atoms with Crippen LogP contribution in [0.2, 0.25) is 0 Å². The summed E-state index contributed by atoms with van der Waals surface area (Å²) in [4.78, 5) is 20.7. The van der Waals surface area contributed by atoms with Crippen molar-refractivity contribution in [2.45, 2.75) is 33.1 Å². The molecule has 27 heavy (non-hydrogen) atoms. The Bertz CT molecular complexity index is 1010. The molecule has 0 atom stereocenters. The largest absolute Gasteiger partial charge is 0.369 e. The number of carbonyl (C=O) groups is 1. The predicted octanol–water partition coefficient (Wildman–Crippen LogP) is 4.58. The molecule has 1 N–H and O–H groups in total. The molecule has 136 valence electrons. The molecule has 2 aromatic heterocycles. The van der Waals surface area contributed by atoms with Gasteiger partial charge >= 0.3 is 0 Å². The maximum Gasteiger partial charge on any atom is 0.164 e. The molecule has 0 saturated carbocycles. The van der Waals surface area contributed by atoms with Crippen molar-refractivity contribution < 1.29 is 4.79 Å². The normalized spacial score (nSPS) is 10.6. The van der Waals surface area contributed by atoms with Crippen LogP contribution in [0.1, 0.15) is 46.3 Å². The number of fused-ring (bicyclic) bond motifs is 1. The fourth-order valence-corrected chi connectivity index (χ4v) is 3.14. The summed E-state index contributed by atoms with van der Waals surface area (Å²) >= 11 is 0. The Kier molecular flexibility index (Phi) is 5.77. The Balaban J connectivity index is 1.60. The number of benzene rings is 1. The van der Waals surface area contributed by atoms with E-state index >= 15 is 0 Å². The van der Waals surface area contributed by atoms with Crippen LogP contribution in [0.3, 0.4) is 0 Å². The van der Waals surface area contributed by atoms with Crippen molar-refractivity contribution in [1.82, 2.24) is 9.97 Å². The molecule has 0 aliphatic heterocycles. The molecule has 0 aliphatic rings. The Hall–Kier alpha value is -3.26. The van der Waals surface area contributed by atoms with E-state index < -0.39 is 0 Å². The van der Waals surface area contributed by atoms with E-state index in [1.165, 1.54) is 0 Å². The van der Waals surface area contributed by atoms with Crippen LogP contribution in [0.15, 0.2) is 42.7 Å². The number of unbranched alkanes of at least 4 members (excludes halogenated alkanes) is 1. The number of nitriles is 1. The molecule has 0 aliphatic carbocycles. The minimum absolute atomic E-state index is 0.107. The van der Waals surface area contributed by atoms with Crippen LogP contribution in [0.5, 0.6) is 0 Å². The SMILES string of the molecule is Cc1cc(C)c2cc(C#N)c(NCCCCC(=O)c3cccnc3)nc2c1. The van der Waals surface area contributed by atoms with Gasteiger partial charge in [0.1, 0.15) is 11.9 Å². The summed E-state index contributed by atoms with van der Waals surface area (Å²) in [6, 6.07) is 11.8. The summed E-state index contributed by atoms with van der Waals surface area (Å²) in [6.07, 6.45) is 5.34. The molecule has 0 saturated heterocycles. The lowest BCUT2D eigenvalue weighted by Crippen LogP contribution is -2.07. The predicted molar refractivity (Wildman–Crippen MR) is 107 cm³/mol. The number of ketones is 1. The van der Waals surface area contributed by atoms with Crippen molar-refractivity contribution in [2.24, 2.45) is 0 Å². The molecule has 0 radical (unpaired) electrons. The summed E-state index contributed by atoms with van der Waals surface area (Å²) in [5, 5.41) is 13.7. The average Bonchev–Trinajstić information content (AvgIpc) is 2.67. The molecule has 0 unspecified atom stereocenters. The lowest BCUT2D eigenvalue weighted by molar-refractivity contribution is 0.0979. The van der Waals surface area contributed by atoms with Gasteiger partial charge in [0.15, 0.2) is 5.78 Å². The fraction of sp³-hybridized carbons (Fsp3) is 0.273. The molecular weight excluding hydrogens is 336 g/mol. The monoisotopic (exact) mass is 358 g/mol. The standard InChI is InChI=1S/C22H22N4O/c1-15-10-16(2)19-12-18(13-23)22(26-20(19)11-15)25-9-4-3-7-21(27)17-6-5-8-24-14-17/h5-6,8,10-12,14H,3-4,7,9H2,1-2H3,(H,25,26). The third-order valence-electron chi connectivity index (χ3n) is 4.51. The molecule has 3 aromatic rings. The minimum atomic E-state index is 0.107. The molecule has 0 fully saturated rings. The zero-order valence-electron chi connectivity index (χ0n) is 15.6.